The SMILES string of the molecule is CCNS(=O)(=O)NC(C)C(C)C(=O)O. The number of carbonyl (C=O) groups is 1. The van der Waals surface area contributed by atoms with Crippen LogP contribution in [0.1, 0.15) is 20.8 Å². The molecular weight excluding hydrogens is 208 g/mol. The normalized spacial score (nSPS) is 16.2. The predicted molar refractivity (Wildman–Crippen MR) is 52.0 cm³/mol. The van der Waals surface area contributed by atoms with E-state index in [0.717, 1.165) is 0 Å². The second kappa shape index (κ2) is 5.28. The third kappa shape index (κ3) is 4.54. The molecule has 0 rings (SSSR count). The molecule has 0 fully saturated rings. The molecule has 0 spiro atoms. The zero-order valence-corrected chi connectivity index (χ0v) is 9.26. The molecule has 0 aliphatic carbocycles. The summed E-state index contributed by atoms with van der Waals surface area (Å²) in [5.74, 6) is -1.79. The van der Waals surface area contributed by atoms with Crippen molar-refractivity contribution in [3.8, 4) is 0 Å². The number of hydrogen-bond donors (Lipinski definition) is 3. The lowest BCUT2D eigenvalue weighted by atomic mass is 10.1. The van der Waals surface area contributed by atoms with Gasteiger partial charge in [-0.05, 0) is 6.92 Å². The van der Waals surface area contributed by atoms with E-state index >= 15 is 0 Å². The van der Waals surface area contributed by atoms with Crippen LogP contribution in [0.25, 0.3) is 0 Å². The molecular formula is C7H16N2O4S. The zero-order valence-electron chi connectivity index (χ0n) is 8.44. The van der Waals surface area contributed by atoms with E-state index in [9.17, 15) is 13.2 Å². The third-order valence-corrected chi connectivity index (χ3v) is 3.17. The lowest BCUT2D eigenvalue weighted by molar-refractivity contribution is -0.141. The minimum absolute atomic E-state index is 0.267. The molecule has 0 saturated carbocycles. The monoisotopic (exact) mass is 224 g/mol. The van der Waals surface area contributed by atoms with Crippen LogP contribution in [0.3, 0.4) is 0 Å². The van der Waals surface area contributed by atoms with Gasteiger partial charge in [-0.25, -0.2) is 4.72 Å². The standard InChI is InChI=1S/C7H16N2O4S/c1-4-8-14(12,13)9-6(3)5(2)7(10)11/h5-6,8-9H,4H2,1-3H3,(H,10,11). The Morgan fingerprint density at radius 2 is 1.93 bits per heavy atom. The van der Waals surface area contributed by atoms with Crippen molar-refractivity contribution in [2.75, 3.05) is 6.54 Å². The van der Waals surface area contributed by atoms with Gasteiger partial charge in [0, 0.05) is 12.6 Å². The molecule has 0 aromatic carbocycles. The first-order valence-corrected chi connectivity index (χ1v) is 5.78. The van der Waals surface area contributed by atoms with Gasteiger partial charge in [0.25, 0.3) is 10.2 Å². The van der Waals surface area contributed by atoms with E-state index in [0.29, 0.717) is 0 Å². The summed E-state index contributed by atoms with van der Waals surface area (Å²) in [5.41, 5.74) is 0. The number of aliphatic carboxylic acids is 1. The molecule has 6 nitrogen and oxygen atoms in total. The molecule has 2 atom stereocenters. The van der Waals surface area contributed by atoms with Crippen molar-refractivity contribution < 1.29 is 18.3 Å². The van der Waals surface area contributed by atoms with Crippen LogP contribution in [0.15, 0.2) is 0 Å². The van der Waals surface area contributed by atoms with Gasteiger partial charge in [-0.15, -0.1) is 0 Å². The Morgan fingerprint density at radius 3 is 2.29 bits per heavy atom. The van der Waals surface area contributed by atoms with Crippen LogP contribution in [-0.4, -0.2) is 32.1 Å². The van der Waals surface area contributed by atoms with Crippen LogP contribution in [-0.2, 0) is 15.0 Å². The van der Waals surface area contributed by atoms with Crippen molar-refractivity contribution in [2.45, 2.75) is 26.8 Å². The smallest absolute Gasteiger partial charge is 0.307 e. The second-order valence-electron chi connectivity index (χ2n) is 3.03. The summed E-state index contributed by atoms with van der Waals surface area (Å²) in [6, 6.07) is -0.642. The molecule has 0 aromatic heterocycles. The Hall–Kier alpha value is -0.660. The molecule has 0 amide bonds. The zero-order chi connectivity index (χ0) is 11.4. The minimum atomic E-state index is -3.57. The number of nitrogens with one attached hydrogen (secondary N) is 2. The number of rotatable bonds is 6. The summed E-state index contributed by atoms with van der Waals surface area (Å²) in [4.78, 5) is 10.5. The highest BCUT2D eigenvalue weighted by atomic mass is 32.2. The van der Waals surface area contributed by atoms with Gasteiger partial charge in [0.05, 0.1) is 5.92 Å². The lowest BCUT2D eigenvalue weighted by Gasteiger charge is -2.17. The molecule has 0 bridgehead atoms. The molecule has 0 heterocycles. The quantitative estimate of drug-likeness (QED) is 0.569. The van der Waals surface area contributed by atoms with E-state index < -0.39 is 28.1 Å². The summed E-state index contributed by atoms with van der Waals surface area (Å²) in [6.07, 6.45) is 0. The van der Waals surface area contributed by atoms with Gasteiger partial charge in [-0.3, -0.25) is 4.79 Å². The molecule has 0 radical (unpaired) electrons. The van der Waals surface area contributed by atoms with Gasteiger partial charge in [0.15, 0.2) is 0 Å². The average Bonchev–Trinajstić information content (AvgIpc) is 2.01. The van der Waals surface area contributed by atoms with Crippen LogP contribution in [0.4, 0.5) is 0 Å². The van der Waals surface area contributed by atoms with Crippen molar-refractivity contribution >= 4 is 16.2 Å². The highest BCUT2D eigenvalue weighted by Gasteiger charge is 2.23. The Balaban J connectivity index is 4.32. The Kier molecular flexibility index (Phi) is 5.03. The molecule has 3 N–H and O–H groups in total. The summed E-state index contributed by atoms with van der Waals surface area (Å²) >= 11 is 0. The van der Waals surface area contributed by atoms with E-state index in [1.807, 2.05) is 0 Å². The van der Waals surface area contributed by atoms with E-state index in [2.05, 4.69) is 9.44 Å². The first-order chi connectivity index (χ1) is 6.30. The molecule has 7 heteroatoms. The van der Waals surface area contributed by atoms with Crippen LogP contribution in [0.2, 0.25) is 0 Å². The van der Waals surface area contributed by atoms with Gasteiger partial charge in [0.2, 0.25) is 0 Å². The largest absolute Gasteiger partial charge is 0.481 e. The molecule has 84 valence electrons. The maximum absolute atomic E-state index is 11.2. The Bertz CT molecular complexity index is 288. The first kappa shape index (κ1) is 13.3. The van der Waals surface area contributed by atoms with Crippen molar-refractivity contribution in [3.63, 3.8) is 0 Å². The fourth-order valence-corrected chi connectivity index (χ4v) is 1.95. The lowest BCUT2D eigenvalue weighted by Crippen LogP contribution is -2.45. The second-order valence-corrected chi connectivity index (χ2v) is 4.57. The maximum atomic E-state index is 11.2. The first-order valence-electron chi connectivity index (χ1n) is 4.30. The van der Waals surface area contributed by atoms with Gasteiger partial charge >= 0.3 is 5.97 Å². The van der Waals surface area contributed by atoms with Crippen molar-refractivity contribution in [2.24, 2.45) is 5.92 Å². The topological polar surface area (TPSA) is 95.5 Å². The fourth-order valence-electron chi connectivity index (χ4n) is 0.792. The summed E-state index contributed by atoms with van der Waals surface area (Å²) in [5, 5.41) is 8.62. The van der Waals surface area contributed by atoms with Crippen LogP contribution < -0.4 is 9.44 Å². The Labute approximate surface area is 83.9 Å². The van der Waals surface area contributed by atoms with Crippen molar-refractivity contribution in [1.82, 2.24) is 9.44 Å². The average molecular weight is 224 g/mol. The summed E-state index contributed by atoms with van der Waals surface area (Å²) < 4.78 is 26.7. The molecule has 0 aliphatic rings. The van der Waals surface area contributed by atoms with Gasteiger partial charge in [0.1, 0.15) is 0 Å². The van der Waals surface area contributed by atoms with E-state index in [1.54, 1.807) is 6.92 Å². The predicted octanol–water partition coefficient (Wildman–Crippen LogP) is -0.460. The molecule has 14 heavy (non-hydrogen) atoms. The van der Waals surface area contributed by atoms with Crippen LogP contribution in [0, 0.1) is 5.92 Å². The number of carboxylic acid groups (broad SMARTS) is 1. The molecule has 2 unspecified atom stereocenters. The highest BCUT2D eigenvalue weighted by Crippen LogP contribution is 2.02. The summed E-state index contributed by atoms with van der Waals surface area (Å²) in [6.45, 7) is 4.86. The van der Waals surface area contributed by atoms with Crippen molar-refractivity contribution in [3.05, 3.63) is 0 Å². The minimum Gasteiger partial charge on any atom is -0.481 e. The number of carboxylic acids is 1. The van der Waals surface area contributed by atoms with Crippen molar-refractivity contribution in [1.29, 1.82) is 0 Å². The fraction of sp³-hybridized carbons (Fsp3) is 0.857. The van der Waals surface area contributed by atoms with E-state index in [4.69, 9.17) is 5.11 Å². The van der Waals surface area contributed by atoms with Gasteiger partial charge < -0.3 is 5.11 Å². The number of hydrogen-bond acceptors (Lipinski definition) is 3. The summed E-state index contributed by atoms with van der Waals surface area (Å²) in [7, 11) is -3.57. The molecule has 0 aliphatic heterocycles. The molecule has 0 aromatic rings. The van der Waals surface area contributed by atoms with Gasteiger partial charge in [-0.1, -0.05) is 13.8 Å². The van der Waals surface area contributed by atoms with E-state index in [1.165, 1.54) is 13.8 Å². The third-order valence-electron chi connectivity index (χ3n) is 1.81. The highest BCUT2D eigenvalue weighted by molar-refractivity contribution is 7.87. The molecule has 0 saturated heterocycles. The Morgan fingerprint density at radius 1 is 1.43 bits per heavy atom. The van der Waals surface area contributed by atoms with E-state index in [-0.39, 0.29) is 6.54 Å². The maximum Gasteiger partial charge on any atom is 0.307 e. The van der Waals surface area contributed by atoms with Crippen LogP contribution in [0.5, 0.6) is 0 Å². The van der Waals surface area contributed by atoms with Gasteiger partial charge in [-0.2, -0.15) is 13.1 Å². The van der Waals surface area contributed by atoms with Crippen LogP contribution >= 0.6 is 0 Å².